The molecule has 5 nitrogen and oxygen atoms in total. The lowest BCUT2D eigenvalue weighted by molar-refractivity contribution is 0.0936. The molecule has 0 heterocycles. The number of sulfone groups is 1. The molecule has 0 bridgehead atoms. The van der Waals surface area contributed by atoms with Crippen molar-refractivity contribution in [1.29, 1.82) is 0 Å². The van der Waals surface area contributed by atoms with E-state index >= 15 is 0 Å². The zero-order valence-electron chi connectivity index (χ0n) is 13.9. The van der Waals surface area contributed by atoms with Crippen LogP contribution in [-0.4, -0.2) is 27.2 Å². The molecule has 0 fully saturated rings. The minimum absolute atomic E-state index is 0.237. The van der Waals surface area contributed by atoms with Gasteiger partial charge in [0.2, 0.25) is 0 Å². The third kappa shape index (κ3) is 4.35. The van der Waals surface area contributed by atoms with E-state index in [0.29, 0.717) is 17.9 Å². The smallest absolute Gasteiger partial charge is 0.255 e. The Bertz CT molecular complexity index is 813. The van der Waals surface area contributed by atoms with Gasteiger partial charge in [-0.05, 0) is 43.7 Å². The van der Waals surface area contributed by atoms with E-state index in [0.717, 1.165) is 11.8 Å². The molecule has 0 saturated carbocycles. The first-order chi connectivity index (χ1) is 11.3. The van der Waals surface area contributed by atoms with Crippen LogP contribution in [0.1, 0.15) is 35.8 Å². The van der Waals surface area contributed by atoms with Crippen LogP contribution in [0.25, 0.3) is 0 Å². The molecule has 0 aromatic heterocycles. The van der Waals surface area contributed by atoms with Gasteiger partial charge >= 0.3 is 0 Å². The quantitative estimate of drug-likeness (QED) is 0.872. The van der Waals surface area contributed by atoms with Crippen molar-refractivity contribution in [2.45, 2.75) is 24.8 Å². The second-order valence-corrected chi connectivity index (χ2v) is 7.48. The lowest BCUT2D eigenvalue weighted by Gasteiger charge is -2.16. The van der Waals surface area contributed by atoms with Crippen molar-refractivity contribution < 1.29 is 17.9 Å². The average Bonchev–Trinajstić information content (AvgIpc) is 2.55. The molecule has 128 valence electrons. The molecule has 0 saturated heterocycles. The third-order valence-electron chi connectivity index (χ3n) is 3.59. The second kappa shape index (κ2) is 7.49. The van der Waals surface area contributed by atoms with E-state index < -0.39 is 9.84 Å². The van der Waals surface area contributed by atoms with E-state index in [1.807, 2.05) is 19.9 Å². The molecule has 2 rings (SSSR count). The standard InChI is InChI=1S/C18H21NO4S/c1-4-23-17-8-6-5-7-16(17)18(20)19-13(2)14-9-11-15(12-10-14)24(3,21)22/h5-13H,4H2,1-3H3,(H,19,20)/t13-/m1/s1. The van der Waals surface area contributed by atoms with Crippen LogP contribution in [0.4, 0.5) is 0 Å². The van der Waals surface area contributed by atoms with Crippen molar-refractivity contribution in [3.05, 3.63) is 59.7 Å². The number of nitrogens with one attached hydrogen (secondary N) is 1. The minimum atomic E-state index is -3.23. The molecule has 2 aromatic rings. The molecular weight excluding hydrogens is 326 g/mol. The van der Waals surface area contributed by atoms with E-state index in [9.17, 15) is 13.2 Å². The molecule has 0 aliphatic heterocycles. The number of para-hydroxylation sites is 1. The summed E-state index contributed by atoms with van der Waals surface area (Å²) in [4.78, 5) is 12.7. The van der Waals surface area contributed by atoms with Crippen molar-refractivity contribution in [1.82, 2.24) is 5.32 Å². The highest BCUT2D eigenvalue weighted by Gasteiger charge is 2.16. The molecule has 0 aliphatic rings. The summed E-state index contributed by atoms with van der Waals surface area (Å²) >= 11 is 0. The number of hydrogen-bond acceptors (Lipinski definition) is 4. The summed E-state index contributed by atoms with van der Waals surface area (Å²) in [7, 11) is -3.23. The summed E-state index contributed by atoms with van der Waals surface area (Å²) in [6, 6.07) is 13.3. The lowest BCUT2D eigenvalue weighted by atomic mass is 10.1. The molecule has 0 spiro atoms. The summed E-state index contributed by atoms with van der Waals surface area (Å²) in [5.74, 6) is 0.302. The fraction of sp³-hybridized carbons (Fsp3) is 0.278. The Kier molecular flexibility index (Phi) is 5.62. The van der Waals surface area contributed by atoms with Gasteiger partial charge in [0.25, 0.3) is 5.91 Å². The summed E-state index contributed by atoms with van der Waals surface area (Å²) < 4.78 is 28.5. The number of amides is 1. The van der Waals surface area contributed by atoms with Gasteiger partial charge in [-0.15, -0.1) is 0 Å². The number of hydrogen-bond donors (Lipinski definition) is 1. The first-order valence-electron chi connectivity index (χ1n) is 7.65. The molecule has 2 aromatic carbocycles. The zero-order chi connectivity index (χ0) is 17.7. The Morgan fingerprint density at radius 1 is 1.12 bits per heavy atom. The largest absolute Gasteiger partial charge is 0.493 e. The van der Waals surface area contributed by atoms with Crippen LogP contribution in [0.3, 0.4) is 0 Å². The third-order valence-corrected chi connectivity index (χ3v) is 4.72. The predicted molar refractivity (Wildman–Crippen MR) is 93.0 cm³/mol. The highest BCUT2D eigenvalue weighted by molar-refractivity contribution is 7.90. The van der Waals surface area contributed by atoms with Crippen molar-refractivity contribution in [3.63, 3.8) is 0 Å². The number of rotatable bonds is 6. The molecule has 6 heteroatoms. The number of carbonyl (C=O) groups excluding carboxylic acids is 1. The summed E-state index contributed by atoms with van der Waals surface area (Å²) in [5, 5.41) is 2.90. The first-order valence-corrected chi connectivity index (χ1v) is 9.54. The molecule has 0 radical (unpaired) electrons. The normalized spacial score (nSPS) is 12.5. The molecule has 1 atom stereocenters. The van der Waals surface area contributed by atoms with Crippen LogP contribution in [0.2, 0.25) is 0 Å². The van der Waals surface area contributed by atoms with Crippen molar-refractivity contribution in [3.8, 4) is 5.75 Å². The Morgan fingerprint density at radius 2 is 1.75 bits per heavy atom. The summed E-state index contributed by atoms with van der Waals surface area (Å²) in [6.07, 6.45) is 1.16. The average molecular weight is 347 g/mol. The van der Waals surface area contributed by atoms with Gasteiger partial charge in [-0.2, -0.15) is 0 Å². The molecule has 0 aliphatic carbocycles. The molecular formula is C18H21NO4S. The van der Waals surface area contributed by atoms with Crippen LogP contribution in [0.15, 0.2) is 53.4 Å². The molecule has 24 heavy (non-hydrogen) atoms. The fourth-order valence-corrected chi connectivity index (χ4v) is 2.93. The van der Waals surface area contributed by atoms with Crippen LogP contribution in [-0.2, 0) is 9.84 Å². The monoisotopic (exact) mass is 347 g/mol. The van der Waals surface area contributed by atoms with Crippen molar-refractivity contribution >= 4 is 15.7 Å². The summed E-state index contributed by atoms with van der Waals surface area (Å²) in [5.41, 5.74) is 1.29. The van der Waals surface area contributed by atoms with Gasteiger partial charge in [-0.3, -0.25) is 4.79 Å². The fourth-order valence-electron chi connectivity index (χ4n) is 2.30. The van der Waals surface area contributed by atoms with Gasteiger partial charge in [0, 0.05) is 6.26 Å². The number of benzene rings is 2. The van der Waals surface area contributed by atoms with E-state index in [4.69, 9.17) is 4.74 Å². The molecule has 0 unspecified atom stereocenters. The van der Waals surface area contributed by atoms with E-state index in [1.165, 1.54) is 0 Å². The Balaban J connectivity index is 2.14. The van der Waals surface area contributed by atoms with Crippen molar-refractivity contribution in [2.75, 3.05) is 12.9 Å². The summed E-state index contributed by atoms with van der Waals surface area (Å²) in [6.45, 7) is 4.18. The van der Waals surface area contributed by atoms with Crippen molar-refractivity contribution in [2.24, 2.45) is 0 Å². The maximum atomic E-state index is 12.5. The van der Waals surface area contributed by atoms with E-state index in [2.05, 4.69) is 5.32 Å². The topological polar surface area (TPSA) is 72.5 Å². The van der Waals surface area contributed by atoms with Gasteiger partial charge in [-0.1, -0.05) is 24.3 Å². The Morgan fingerprint density at radius 3 is 2.33 bits per heavy atom. The highest BCUT2D eigenvalue weighted by atomic mass is 32.2. The van der Waals surface area contributed by atoms with Crippen LogP contribution >= 0.6 is 0 Å². The van der Waals surface area contributed by atoms with Gasteiger partial charge in [0.1, 0.15) is 5.75 Å². The highest BCUT2D eigenvalue weighted by Crippen LogP contribution is 2.20. The van der Waals surface area contributed by atoms with E-state index in [-0.39, 0.29) is 16.8 Å². The van der Waals surface area contributed by atoms with Gasteiger partial charge in [0.05, 0.1) is 23.1 Å². The van der Waals surface area contributed by atoms with Crippen LogP contribution < -0.4 is 10.1 Å². The number of carbonyl (C=O) groups is 1. The maximum Gasteiger partial charge on any atom is 0.255 e. The van der Waals surface area contributed by atoms with Gasteiger partial charge in [-0.25, -0.2) is 8.42 Å². The lowest BCUT2D eigenvalue weighted by Crippen LogP contribution is -2.27. The molecule has 1 amide bonds. The second-order valence-electron chi connectivity index (χ2n) is 5.47. The Labute approximate surface area is 142 Å². The zero-order valence-corrected chi connectivity index (χ0v) is 14.8. The van der Waals surface area contributed by atoms with Gasteiger partial charge in [0.15, 0.2) is 9.84 Å². The predicted octanol–water partition coefficient (Wildman–Crippen LogP) is 2.98. The Hall–Kier alpha value is -2.34. The first kappa shape index (κ1) is 18.0. The minimum Gasteiger partial charge on any atom is -0.493 e. The maximum absolute atomic E-state index is 12.5. The van der Waals surface area contributed by atoms with Crippen LogP contribution in [0.5, 0.6) is 5.75 Å². The van der Waals surface area contributed by atoms with Crippen LogP contribution in [0, 0.1) is 0 Å². The SMILES string of the molecule is CCOc1ccccc1C(=O)N[C@H](C)c1ccc(S(C)(=O)=O)cc1. The van der Waals surface area contributed by atoms with Gasteiger partial charge < -0.3 is 10.1 Å². The molecule has 1 N–H and O–H groups in total. The number of ether oxygens (including phenoxy) is 1. The van der Waals surface area contributed by atoms with E-state index in [1.54, 1.807) is 42.5 Å².